The number of benzene rings is 1. The number of carbonyl (C=O) groups excluding carboxylic acids is 2. The lowest BCUT2D eigenvalue weighted by Crippen LogP contribution is -2.42. The number of nitrogens with one attached hydrogen (secondary N) is 1. The molecule has 2 amide bonds. The summed E-state index contributed by atoms with van der Waals surface area (Å²) in [6.07, 6.45) is -5.30. The van der Waals surface area contributed by atoms with Crippen molar-refractivity contribution >= 4 is 17.6 Å². The van der Waals surface area contributed by atoms with Gasteiger partial charge in [0.15, 0.2) is 17.5 Å². The highest BCUT2D eigenvalue weighted by Gasteiger charge is 2.41. The smallest absolute Gasteiger partial charge is 0.335 e. The number of amides is 2. The predicted molar refractivity (Wildman–Crippen MR) is 104 cm³/mol. The van der Waals surface area contributed by atoms with Crippen LogP contribution in [0.3, 0.4) is 0 Å². The Labute approximate surface area is 184 Å². The van der Waals surface area contributed by atoms with Gasteiger partial charge in [0.05, 0.1) is 12.2 Å². The highest BCUT2D eigenvalue weighted by Crippen LogP contribution is 2.34. The van der Waals surface area contributed by atoms with Crippen molar-refractivity contribution in [1.29, 1.82) is 0 Å². The van der Waals surface area contributed by atoms with Crippen LogP contribution in [0.15, 0.2) is 12.1 Å². The molecule has 33 heavy (non-hydrogen) atoms. The van der Waals surface area contributed by atoms with Crippen molar-refractivity contribution in [2.75, 3.05) is 11.9 Å². The van der Waals surface area contributed by atoms with Gasteiger partial charge in [0.25, 0.3) is 0 Å². The SMILES string of the molecule is CCC(=O)Nc1nc(C(F)(F)F)n2c1CN(C(=O)C[C@H](N)Cc1cc(F)c(F)cc1F)CC2. The van der Waals surface area contributed by atoms with Crippen molar-refractivity contribution in [1.82, 2.24) is 14.5 Å². The van der Waals surface area contributed by atoms with Crippen molar-refractivity contribution in [2.24, 2.45) is 5.73 Å². The Balaban J connectivity index is 1.74. The molecule has 0 unspecified atom stereocenters. The minimum absolute atomic E-state index is 0.0175. The standard InChI is InChI=1S/C20H21F6N5O2/c1-2-16(32)28-18-15-9-30(3-4-31(15)19(29-18)20(24,25)26)17(33)7-11(27)5-10-6-13(22)14(23)8-12(10)21/h6,8,11H,2-5,7,9,27H2,1H3,(H,28,32)/t11-/m1/s1. The zero-order valence-corrected chi connectivity index (χ0v) is 17.5. The van der Waals surface area contributed by atoms with Crippen LogP contribution in [0.25, 0.3) is 0 Å². The molecule has 2 heterocycles. The highest BCUT2D eigenvalue weighted by molar-refractivity contribution is 5.90. The number of hydrogen-bond acceptors (Lipinski definition) is 4. The van der Waals surface area contributed by atoms with Gasteiger partial charge in [-0.05, 0) is 18.1 Å². The molecule has 13 heteroatoms. The van der Waals surface area contributed by atoms with E-state index in [1.165, 1.54) is 11.8 Å². The van der Waals surface area contributed by atoms with Crippen LogP contribution in [0.5, 0.6) is 0 Å². The average Bonchev–Trinajstić information content (AvgIpc) is 3.10. The summed E-state index contributed by atoms with van der Waals surface area (Å²) in [7, 11) is 0. The van der Waals surface area contributed by atoms with Crippen LogP contribution in [-0.2, 0) is 35.3 Å². The Hall–Kier alpha value is -3.09. The average molecular weight is 477 g/mol. The summed E-state index contributed by atoms with van der Waals surface area (Å²) in [6.45, 7) is 0.986. The summed E-state index contributed by atoms with van der Waals surface area (Å²) >= 11 is 0. The van der Waals surface area contributed by atoms with E-state index >= 15 is 0 Å². The maximum atomic E-state index is 13.8. The Morgan fingerprint density at radius 2 is 1.82 bits per heavy atom. The monoisotopic (exact) mass is 477 g/mol. The Bertz CT molecular complexity index is 1070. The molecule has 1 aromatic heterocycles. The summed E-state index contributed by atoms with van der Waals surface area (Å²) in [5.41, 5.74) is 5.70. The summed E-state index contributed by atoms with van der Waals surface area (Å²) in [5, 5.41) is 2.32. The van der Waals surface area contributed by atoms with Crippen LogP contribution in [0, 0.1) is 17.5 Å². The molecular weight excluding hydrogens is 456 g/mol. The first-order chi connectivity index (χ1) is 15.4. The number of nitrogens with two attached hydrogens (primary N) is 1. The van der Waals surface area contributed by atoms with Crippen LogP contribution >= 0.6 is 0 Å². The van der Waals surface area contributed by atoms with Crippen molar-refractivity contribution in [3.63, 3.8) is 0 Å². The van der Waals surface area contributed by atoms with Crippen molar-refractivity contribution in [2.45, 2.75) is 51.5 Å². The van der Waals surface area contributed by atoms with E-state index in [2.05, 4.69) is 10.3 Å². The zero-order valence-electron chi connectivity index (χ0n) is 17.5. The fourth-order valence-electron chi connectivity index (χ4n) is 3.55. The number of carbonyl (C=O) groups is 2. The minimum atomic E-state index is -4.76. The first kappa shape index (κ1) is 24.6. The van der Waals surface area contributed by atoms with Gasteiger partial charge < -0.3 is 20.5 Å². The van der Waals surface area contributed by atoms with Crippen molar-refractivity contribution in [3.8, 4) is 0 Å². The second-order valence-electron chi connectivity index (χ2n) is 7.62. The molecule has 3 rings (SSSR count). The Morgan fingerprint density at radius 1 is 1.15 bits per heavy atom. The fraction of sp³-hybridized carbons (Fsp3) is 0.450. The van der Waals surface area contributed by atoms with E-state index in [0.29, 0.717) is 12.1 Å². The molecular formula is C20H21F6N5O2. The molecule has 0 spiro atoms. The summed E-state index contributed by atoms with van der Waals surface area (Å²) in [6, 6.07) is 0.0965. The topological polar surface area (TPSA) is 93.2 Å². The number of rotatable bonds is 6. The molecule has 2 aromatic rings. The number of imidazole rings is 1. The number of fused-ring (bicyclic) bond motifs is 1. The number of anilines is 1. The third kappa shape index (κ3) is 5.46. The van der Waals surface area contributed by atoms with Crippen molar-refractivity contribution < 1.29 is 35.9 Å². The maximum absolute atomic E-state index is 13.8. The summed E-state index contributed by atoms with van der Waals surface area (Å²) in [5.74, 6) is -6.13. The second-order valence-corrected chi connectivity index (χ2v) is 7.62. The molecule has 7 nitrogen and oxygen atoms in total. The third-order valence-corrected chi connectivity index (χ3v) is 5.20. The van der Waals surface area contributed by atoms with E-state index in [4.69, 9.17) is 5.73 Å². The molecule has 180 valence electrons. The van der Waals surface area contributed by atoms with Crippen LogP contribution in [0.1, 0.15) is 36.8 Å². The molecule has 3 N–H and O–H groups in total. The van der Waals surface area contributed by atoms with E-state index in [9.17, 15) is 35.9 Å². The van der Waals surface area contributed by atoms with Gasteiger partial charge in [0, 0.05) is 38.0 Å². The van der Waals surface area contributed by atoms with Crippen LogP contribution < -0.4 is 11.1 Å². The van der Waals surface area contributed by atoms with Gasteiger partial charge in [-0.2, -0.15) is 13.2 Å². The molecule has 0 saturated heterocycles. The number of halogens is 6. The van der Waals surface area contributed by atoms with Crippen LogP contribution in [0.2, 0.25) is 0 Å². The fourth-order valence-corrected chi connectivity index (χ4v) is 3.55. The van der Waals surface area contributed by atoms with Crippen LogP contribution in [0.4, 0.5) is 32.2 Å². The number of nitrogens with zero attached hydrogens (tertiary/aromatic N) is 3. The molecule has 0 aliphatic carbocycles. The van der Waals surface area contributed by atoms with Gasteiger partial charge in [0.1, 0.15) is 5.82 Å². The highest BCUT2D eigenvalue weighted by atomic mass is 19.4. The lowest BCUT2D eigenvalue weighted by molar-refractivity contribution is -0.148. The summed E-state index contributed by atoms with van der Waals surface area (Å²) < 4.78 is 81.2. The van der Waals surface area contributed by atoms with Gasteiger partial charge in [0.2, 0.25) is 17.6 Å². The predicted octanol–water partition coefficient (Wildman–Crippen LogP) is 2.97. The summed E-state index contributed by atoms with van der Waals surface area (Å²) in [4.78, 5) is 29.2. The van der Waals surface area contributed by atoms with Gasteiger partial charge in [-0.3, -0.25) is 9.59 Å². The number of aromatic nitrogens is 2. The lowest BCUT2D eigenvalue weighted by Gasteiger charge is -2.30. The first-order valence-electron chi connectivity index (χ1n) is 10.0. The van der Waals surface area contributed by atoms with E-state index in [1.807, 2.05) is 0 Å². The van der Waals surface area contributed by atoms with Gasteiger partial charge in [-0.1, -0.05) is 6.92 Å². The zero-order chi connectivity index (χ0) is 24.5. The van der Waals surface area contributed by atoms with Crippen LogP contribution in [-0.4, -0.2) is 38.9 Å². The van der Waals surface area contributed by atoms with Gasteiger partial charge in [-0.15, -0.1) is 0 Å². The van der Waals surface area contributed by atoms with Gasteiger partial charge >= 0.3 is 6.18 Å². The van der Waals surface area contributed by atoms with E-state index in [0.717, 1.165) is 4.57 Å². The van der Waals surface area contributed by atoms with E-state index in [-0.39, 0.29) is 56.0 Å². The minimum Gasteiger partial charge on any atom is -0.335 e. The number of hydrogen-bond donors (Lipinski definition) is 2. The molecule has 1 aliphatic rings. The number of alkyl halides is 3. The molecule has 1 aliphatic heterocycles. The Kier molecular flexibility index (Phi) is 7.00. The third-order valence-electron chi connectivity index (χ3n) is 5.20. The van der Waals surface area contributed by atoms with E-state index < -0.39 is 47.3 Å². The molecule has 0 bridgehead atoms. The first-order valence-corrected chi connectivity index (χ1v) is 10.0. The van der Waals surface area contributed by atoms with Crippen molar-refractivity contribution in [3.05, 3.63) is 46.7 Å². The quantitative estimate of drug-likeness (QED) is 0.494. The largest absolute Gasteiger partial charge is 0.449 e. The molecule has 0 saturated carbocycles. The Morgan fingerprint density at radius 3 is 2.45 bits per heavy atom. The van der Waals surface area contributed by atoms with Gasteiger partial charge in [-0.25, -0.2) is 18.2 Å². The van der Waals surface area contributed by atoms with E-state index in [1.54, 1.807) is 0 Å². The molecule has 0 radical (unpaired) electrons. The molecule has 1 aromatic carbocycles. The lowest BCUT2D eigenvalue weighted by atomic mass is 10.0. The normalized spacial score (nSPS) is 14.7. The second kappa shape index (κ2) is 9.41. The molecule has 1 atom stereocenters. The molecule has 0 fully saturated rings. The maximum Gasteiger partial charge on any atom is 0.449 e.